The Bertz CT molecular complexity index is 468. The molecule has 0 aliphatic carbocycles. The lowest BCUT2D eigenvalue weighted by atomic mass is 10.0. The largest absolute Gasteiger partial charge is 0.481 e. The summed E-state index contributed by atoms with van der Waals surface area (Å²) in [6, 6.07) is 5.93. The first-order valence-electron chi connectivity index (χ1n) is 7.72. The lowest BCUT2D eigenvalue weighted by Gasteiger charge is -2.21. The molecule has 0 aliphatic rings. The van der Waals surface area contributed by atoms with Gasteiger partial charge in [0.1, 0.15) is 5.75 Å². The van der Waals surface area contributed by atoms with Crippen molar-refractivity contribution in [3.05, 3.63) is 29.3 Å². The molecule has 0 radical (unpaired) electrons. The number of hydrogen-bond donors (Lipinski definition) is 2. The second kappa shape index (κ2) is 8.03. The molecule has 0 spiro atoms. The maximum Gasteiger partial charge on any atom is 0.260 e. The van der Waals surface area contributed by atoms with E-state index in [1.54, 1.807) is 6.92 Å². The van der Waals surface area contributed by atoms with E-state index in [4.69, 9.17) is 10.5 Å². The zero-order valence-electron chi connectivity index (χ0n) is 13.8. The fraction of sp³-hybridized carbons (Fsp3) is 0.588. The molecule has 4 heteroatoms. The minimum absolute atomic E-state index is 0.0834. The molecular weight excluding hydrogens is 264 g/mol. The van der Waals surface area contributed by atoms with Gasteiger partial charge in [-0.25, -0.2) is 0 Å². The van der Waals surface area contributed by atoms with E-state index in [-0.39, 0.29) is 18.0 Å². The first kappa shape index (κ1) is 17.5. The van der Waals surface area contributed by atoms with Crippen LogP contribution in [0.25, 0.3) is 0 Å². The normalized spacial score (nSPS) is 13.9. The van der Waals surface area contributed by atoms with Gasteiger partial charge < -0.3 is 15.8 Å². The minimum Gasteiger partial charge on any atom is -0.481 e. The molecule has 4 nitrogen and oxygen atoms in total. The van der Waals surface area contributed by atoms with Crippen LogP contribution in [0.15, 0.2) is 18.2 Å². The van der Waals surface area contributed by atoms with Gasteiger partial charge in [-0.2, -0.15) is 0 Å². The first-order valence-corrected chi connectivity index (χ1v) is 7.72. The Hall–Kier alpha value is -1.55. The molecule has 2 unspecified atom stereocenters. The van der Waals surface area contributed by atoms with Crippen molar-refractivity contribution in [1.29, 1.82) is 0 Å². The summed E-state index contributed by atoms with van der Waals surface area (Å²) in [5, 5.41) is 3.00. The Morgan fingerprint density at radius 1 is 1.29 bits per heavy atom. The van der Waals surface area contributed by atoms with Crippen LogP contribution in [0.1, 0.15) is 57.7 Å². The molecule has 0 heterocycles. The van der Waals surface area contributed by atoms with Crippen LogP contribution in [0, 0.1) is 6.92 Å². The number of nitrogens with two attached hydrogens (primary N) is 1. The quantitative estimate of drug-likeness (QED) is 0.811. The predicted molar refractivity (Wildman–Crippen MR) is 86.4 cm³/mol. The zero-order chi connectivity index (χ0) is 16.0. The highest BCUT2D eigenvalue weighted by molar-refractivity contribution is 5.81. The molecule has 0 saturated carbocycles. The molecular formula is C17H28N2O2. The predicted octanol–water partition coefficient (Wildman–Crippen LogP) is 3.09. The maximum absolute atomic E-state index is 12.2. The summed E-state index contributed by atoms with van der Waals surface area (Å²) in [5.74, 6) is 0.600. The minimum atomic E-state index is -0.536. The number of benzene rings is 1. The third kappa shape index (κ3) is 5.05. The summed E-state index contributed by atoms with van der Waals surface area (Å²) >= 11 is 0. The Balaban J connectivity index is 2.78. The van der Waals surface area contributed by atoms with Crippen molar-refractivity contribution in [3.63, 3.8) is 0 Å². The van der Waals surface area contributed by atoms with Gasteiger partial charge in [0.2, 0.25) is 0 Å². The van der Waals surface area contributed by atoms with E-state index in [1.807, 2.05) is 32.0 Å². The summed E-state index contributed by atoms with van der Waals surface area (Å²) in [7, 11) is 0. The summed E-state index contributed by atoms with van der Waals surface area (Å²) in [6.45, 7) is 9.82. The van der Waals surface area contributed by atoms with Crippen LogP contribution in [0.5, 0.6) is 5.75 Å². The Labute approximate surface area is 128 Å². The van der Waals surface area contributed by atoms with Gasteiger partial charge in [-0.1, -0.05) is 31.5 Å². The summed E-state index contributed by atoms with van der Waals surface area (Å²) in [5.41, 5.74) is 8.03. The van der Waals surface area contributed by atoms with Crippen LogP contribution >= 0.6 is 0 Å². The Kier molecular flexibility index (Phi) is 6.69. The second-order valence-corrected chi connectivity index (χ2v) is 5.61. The van der Waals surface area contributed by atoms with Crippen molar-refractivity contribution in [1.82, 2.24) is 5.32 Å². The van der Waals surface area contributed by atoms with Gasteiger partial charge in [-0.15, -0.1) is 0 Å². The number of carbonyl (C=O) groups is 1. The van der Waals surface area contributed by atoms with Gasteiger partial charge in [0.25, 0.3) is 5.91 Å². The molecule has 0 bridgehead atoms. The van der Waals surface area contributed by atoms with Gasteiger partial charge in [-0.05, 0) is 39.7 Å². The highest BCUT2D eigenvalue weighted by Gasteiger charge is 2.19. The average Bonchev–Trinajstić information content (AvgIpc) is 2.45. The van der Waals surface area contributed by atoms with E-state index in [1.165, 1.54) is 0 Å². The molecule has 0 fully saturated rings. The molecule has 1 rings (SSSR count). The lowest BCUT2D eigenvalue weighted by molar-refractivity contribution is -0.128. The van der Waals surface area contributed by atoms with Crippen LogP contribution in [0.3, 0.4) is 0 Å². The molecule has 0 aromatic heterocycles. The lowest BCUT2D eigenvalue weighted by Crippen LogP contribution is -2.42. The summed E-state index contributed by atoms with van der Waals surface area (Å²) in [4.78, 5) is 12.2. The third-order valence-electron chi connectivity index (χ3n) is 3.66. The van der Waals surface area contributed by atoms with Crippen molar-refractivity contribution >= 4 is 5.91 Å². The number of hydrogen-bond acceptors (Lipinski definition) is 3. The average molecular weight is 292 g/mol. The van der Waals surface area contributed by atoms with Crippen molar-refractivity contribution < 1.29 is 9.53 Å². The molecule has 1 aromatic rings. The molecule has 0 aliphatic heterocycles. The topological polar surface area (TPSA) is 64.3 Å². The van der Waals surface area contributed by atoms with Crippen molar-refractivity contribution in [2.75, 3.05) is 0 Å². The standard InChI is InChI=1S/C17H28N2O2/c1-6-14(7-2)19-17(20)13(5)21-16-9-8-11(3)10-15(16)12(4)18/h8-10,12-14H,6-7,18H2,1-5H3,(H,19,20). The van der Waals surface area contributed by atoms with Gasteiger partial charge in [0.05, 0.1) is 0 Å². The van der Waals surface area contributed by atoms with Gasteiger partial charge in [0.15, 0.2) is 6.10 Å². The third-order valence-corrected chi connectivity index (χ3v) is 3.66. The number of aryl methyl sites for hydroxylation is 1. The van der Waals surface area contributed by atoms with Crippen LogP contribution in [-0.2, 0) is 4.79 Å². The van der Waals surface area contributed by atoms with Crippen LogP contribution in [0.2, 0.25) is 0 Å². The van der Waals surface area contributed by atoms with Crippen LogP contribution in [-0.4, -0.2) is 18.1 Å². The molecule has 1 aromatic carbocycles. The Morgan fingerprint density at radius 2 is 1.90 bits per heavy atom. The van der Waals surface area contributed by atoms with Gasteiger partial charge in [0, 0.05) is 17.6 Å². The SMILES string of the molecule is CCC(CC)NC(=O)C(C)Oc1ccc(C)cc1C(C)N. The van der Waals surface area contributed by atoms with Crippen molar-refractivity contribution in [2.24, 2.45) is 5.73 Å². The summed E-state index contributed by atoms with van der Waals surface area (Å²) in [6.07, 6.45) is 1.31. The molecule has 118 valence electrons. The van der Waals surface area contributed by atoms with E-state index in [0.717, 1.165) is 24.0 Å². The molecule has 1 amide bonds. The van der Waals surface area contributed by atoms with E-state index >= 15 is 0 Å². The van der Waals surface area contributed by atoms with E-state index < -0.39 is 6.10 Å². The fourth-order valence-electron chi connectivity index (χ4n) is 2.19. The number of amides is 1. The number of rotatable bonds is 7. The van der Waals surface area contributed by atoms with Gasteiger partial charge in [-0.3, -0.25) is 4.79 Å². The zero-order valence-corrected chi connectivity index (χ0v) is 13.8. The van der Waals surface area contributed by atoms with Crippen molar-refractivity contribution in [2.45, 2.75) is 65.6 Å². The van der Waals surface area contributed by atoms with E-state index in [2.05, 4.69) is 19.2 Å². The monoisotopic (exact) mass is 292 g/mol. The Morgan fingerprint density at radius 3 is 2.43 bits per heavy atom. The summed E-state index contributed by atoms with van der Waals surface area (Å²) < 4.78 is 5.82. The number of nitrogens with one attached hydrogen (secondary N) is 1. The molecule has 21 heavy (non-hydrogen) atoms. The van der Waals surface area contributed by atoms with Crippen LogP contribution < -0.4 is 15.8 Å². The molecule has 0 saturated heterocycles. The van der Waals surface area contributed by atoms with Crippen molar-refractivity contribution in [3.8, 4) is 5.75 Å². The molecule has 2 atom stereocenters. The highest BCUT2D eigenvalue weighted by atomic mass is 16.5. The first-order chi connectivity index (χ1) is 9.88. The fourth-order valence-corrected chi connectivity index (χ4v) is 2.19. The van der Waals surface area contributed by atoms with E-state index in [9.17, 15) is 4.79 Å². The highest BCUT2D eigenvalue weighted by Crippen LogP contribution is 2.26. The second-order valence-electron chi connectivity index (χ2n) is 5.61. The van der Waals surface area contributed by atoms with E-state index in [0.29, 0.717) is 5.75 Å². The number of carbonyl (C=O) groups excluding carboxylic acids is 1. The van der Waals surface area contributed by atoms with Crippen LogP contribution in [0.4, 0.5) is 0 Å². The number of ether oxygens (including phenoxy) is 1. The molecule has 3 N–H and O–H groups in total. The van der Waals surface area contributed by atoms with Gasteiger partial charge >= 0.3 is 0 Å². The smallest absolute Gasteiger partial charge is 0.260 e. The maximum atomic E-state index is 12.2.